The van der Waals surface area contributed by atoms with Crippen LogP contribution < -0.4 is 10.1 Å². The summed E-state index contributed by atoms with van der Waals surface area (Å²) in [5.74, 6) is 1.69. The van der Waals surface area contributed by atoms with Gasteiger partial charge in [-0.15, -0.1) is 0 Å². The van der Waals surface area contributed by atoms with E-state index in [2.05, 4.69) is 34.7 Å². The molecule has 1 N–H and O–H groups in total. The van der Waals surface area contributed by atoms with Crippen molar-refractivity contribution in [3.63, 3.8) is 0 Å². The predicted molar refractivity (Wildman–Crippen MR) is 127 cm³/mol. The van der Waals surface area contributed by atoms with E-state index in [1.165, 1.54) is 16.3 Å². The zero-order valence-electron chi connectivity index (χ0n) is 18.2. The molecule has 0 bridgehead atoms. The van der Waals surface area contributed by atoms with Crippen LogP contribution in [0.5, 0.6) is 5.75 Å². The number of furan rings is 1. The summed E-state index contributed by atoms with van der Waals surface area (Å²) in [5, 5.41) is 9.66. The number of hydrogen-bond donors (Lipinski definition) is 1. The minimum atomic E-state index is -0.354. The lowest BCUT2D eigenvalue weighted by molar-refractivity contribution is 0.0992. The quantitative estimate of drug-likeness (QED) is 0.348. The Balaban J connectivity index is 1.22. The molecule has 164 valence electrons. The van der Waals surface area contributed by atoms with Crippen molar-refractivity contribution in [2.45, 2.75) is 20.1 Å². The summed E-state index contributed by atoms with van der Waals surface area (Å²) < 4.78 is 13.2. The maximum absolute atomic E-state index is 12.6. The van der Waals surface area contributed by atoms with E-state index < -0.39 is 0 Å². The first-order valence-corrected chi connectivity index (χ1v) is 10.7. The monoisotopic (exact) mass is 437 g/mol. The van der Waals surface area contributed by atoms with Crippen LogP contribution in [0.15, 0.2) is 95.5 Å². The van der Waals surface area contributed by atoms with E-state index >= 15 is 0 Å². The maximum atomic E-state index is 12.6. The summed E-state index contributed by atoms with van der Waals surface area (Å²) >= 11 is 0. The number of ether oxygens (including phenoxy) is 1. The van der Waals surface area contributed by atoms with Gasteiger partial charge in [0.2, 0.25) is 0 Å². The van der Waals surface area contributed by atoms with Crippen molar-refractivity contribution < 1.29 is 13.9 Å². The van der Waals surface area contributed by atoms with Gasteiger partial charge in [-0.2, -0.15) is 5.10 Å². The molecule has 6 heteroatoms. The van der Waals surface area contributed by atoms with Gasteiger partial charge >= 0.3 is 0 Å². The molecule has 0 saturated heterocycles. The number of nitrogens with one attached hydrogen (secondary N) is 1. The van der Waals surface area contributed by atoms with Crippen molar-refractivity contribution >= 4 is 22.5 Å². The highest BCUT2D eigenvalue weighted by molar-refractivity contribution is 6.01. The van der Waals surface area contributed by atoms with Crippen molar-refractivity contribution in [2.75, 3.05) is 5.32 Å². The summed E-state index contributed by atoms with van der Waals surface area (Å²) in [5.41, 5.74) is 2.21. The lowest BCUT2D eigenvalue weighted by atomic mass is 10.0. The number of fused-ring (bicyclic) bond motifs is 1. The molecule has 0 unspecified atom stereocenters. The Morgan fingerprint density at radius 1 is 0.970 bits per heavy atom. The summed E-state index contributed by atoms with van der Waals surface area (Å²) in [6.45, 7) is 2.84. The number of anilines is 1. The average molecular weight is 437 g/mol. The Hall–Kier alpha value is -4.32. The second-order valence-corrected chi connectivity index (χ2v) is 7.81. The molecule has 5 rings (SSSR count). The highest BCUT2D eigenvalue weighted by Gasteiger charge is 2.14. The highest BCUT2D eigenvalue weighted by atomic mass is 16.5. The molecule has 0 aliphatic heterocycles. The lowest BCUT2D eigenvalue weighted by Gasteiger charge is -2.07. The molecule has 2 aromatic heterocycles. The standard InChI is InChI=1S/C27H23N3O3/c1-19-7-2-5-12-24(19)32-18-22-13-14-25(33-22)27(31)28-26-15-16-30(29-26)17-21-10-6-9-20-8-3-4-11-23(20)21/h2-16H,17-18H2,1H3,(H,28,29,31). The second-order valence-electron chi connectivity index (χ2n) is 7.81. The van der Waals surface area contributed by atoms with Crippen molar-refractivity contribution in [2.24, 2.45) is 0 Å². The SMILES string of the molecule is Cc1ccccc1OCc1ccc(C(=O)Nc2ccn(Cc3cccc4ccccc34)n2)o1. The van der Waals surface area contributed by atoms with Crippen LogP contribution in [-0.4, -0.2) is 15.7 Å². The molecule has 0 fully saturated rings. The molecule has 2 heterocycles. The Kier molecular flexibility index (Phi) is 5.64. The van der Waals surface area contributed by atoms with Crippen molar-refractivity contribution in [1.82, 2.24) is 9.78 Å². The molecule has 1 amide bonds. The first kappa shape index (κ1) is 20.6. The van der Waals surface area contributed by atoms with Crippen LogP contribution in [0.25, 0.3) is 10.8 Å². The number of rotatable bonds is 7. The normalized spacial score (nSPS) is 10.9. The number of nitrogens with zero attached hydrogens (tertiary/aromatic N) is 2. The van der Waals surface area contributed by atoms with Gasteiger partial charge in [-0.3, -0.25) is 9.48 Å². The van der Waals surface area contributed by atoms with Crippen LogP contribution >= 0.6 is 0 Å². The number of aryl methyl sites for hydroxylation is 1. The molecular weight excluding hydrogens is 414 g/mol. The lowest BCUT2D eigenvalue weighted by Crippen LogP contribution is -2.12. The van der Waals surface area contributed by atoms with Gasteiger partial charge in [-0.25, -0.2) is 0 Å². The van der Waals surface area contributed by atoms with Gasteiger partial charge in [0.05, 0.1) is 6.54 Å². The molecule has 0 aliphatic carbocycles. The van der Waals surface area contributed by atoms with Crippen LogP contribution in [0.4, 0.5) is 5.82 Å². The minimum absolute atomic E-state index is 0.210. The van der Waals surface area contributed by atoms with E-state index in [0.29, 0.717) is 18.1 Å². The fraction of sp³-hybridized carbons (Fsp3) is 0.111. The molecule has 0 saturated carbocycles. The van der Waals surface area contributed by atoms with Crippen LogP contribution in [-0.2, 0) is 13.2 Å². The van der Waals surface area contributed by atoms with Gasteiger partial charge in [-0.1, -0.05) is 60.7 Å². The van der Waals surface area contributed by atoms with Gasteiger partial charge in [-0.05, 0) is 47.0 Å². The largest absolute Gasteiger partial charge is 0.485 e. The van der Waals surface area contributed by atoms with Gasteiger partial charge in [0.1, 0.15) is 18.1 Å². The van der Waals surface area contributed by atoms with Crippen molar-refractivity contribution in [3.05, 3.63) is 114 Å². The van der Waals surface area contributed by atoms with E-state index in [0.717, 1.165) is 11.3 Å². The third kappa shape index (κ3) is 4.65. The molecule has 0 spiro atoms. The predicted octanol–water partition coefficient (Wildman–Crippen LogP) is 5.82. The number of benzene rings is 3. The summed E-state index contributed by atoms with van der Waals surface area (Å²) in [6.07, 6.45) is 1.85. The first-order valence-electron chi connectivity index (χ1n) is 10.7. The van der Waals surface area contributed by atoms with Crippen LogP contribution in [0.2, 0.25) is 0 Å². The Morgan fingerprint density at radius 3 is 2.70 bits per heavy atom. The fourth-order valence-corrected chi connectivity index (χ4v) is 3.74. The van der Waals surface area contributed by atoms with Gasteiger partial charge in [0.15, 0.2) is 11.6 Å². The molecule has 3 aromatic carbocycles. The third-order valence-electron chi connectivity index (χ3n) is 5.44. The summed E-state index contributed by atoms with van der Waals surface area (Å²) in [6, 6.07) is 27.4. The Bertz CT molecular complexity index is 1410. The highest BCUT2D eigenvalue weighted by Crippen LogP contribution is 2.21. The van der Waals surface area contributed by atoms with Gasteiger partial charge < -0.3 is 14.5 Å². The molecule has 5 aromatic rings. The van der Waals surface area contributed by atoms with Gasteiger partial charge in [0, 0.05) is 12.3 Å². The van der Waals surface area contributed by atoms with E-state index in [-0.39, 0.29) is 18.3 Å². The number of amides is 1. The molecular formula is C27H23N3O3. The van der Waals surface area contributed by atoms with E-state index in [9.17, 15) is 4.79 Å². The molecule has 0 atom stereocenters. The number of aromatic nitrogens is 2. The smallest absolute Gasteiger partial charge is 0.292 e. The number of carbonyl (C=O) groups is 1. The summed E-state index contributed by atoms with van der Waals surface area (Å²) in [4.78, 5) is 12.6. The Labute approximate surface area is 191 Å². The van der Waals surface area contributed by atoms with E-state index in [1.807, 2.05) is 55.6 Å². The topological polar surface area (TPSA) is 69.3 Å². The number of hydrogen-bond acceptors (Lipinski definition) is 4. The summed E-state index contributed by atoms with van der Waals surface area (Å²) in [7, 11) is 0. The van der Waals surface area contributed by atoms with Crippen LogP contribution in [0.3, 0.4) is 0 Å². The molecule has 0 radical (unpaired) electrons. The van der Waals surface area contributed by atoms with Gasteiger partial charge in [0.25, 0.3) is 5.91 Å². The number of carbonyl (C=O) groups excluding carboxylic acids is 1. The number of para-hydroxylation sites is 1. The fourth-order valence-electron chi connectivity index (χ4n) is 3.74. The van der Waals surface area contributed by atoms with Crippen LogP contribution in [0, 0.1) is 6.92 Å². The zero-order valence-corrected chi connectivity index (χ0v) is 18.2. The zero-order chi connectivity index (χ0) is 22.6. The first-order chi connectivity index (χ1) is 16.2. The minimum Gasteiger partial charge on any atom is -0.485 e. The average Bonchev–Trinajstić information content (AvgIpc) is 3.48. The molecule has 6 nitrogen and oxygen atoms in total. The van der Waals surface area contributed by atoms with E-state index in [4.69, 9.17) is 9.15 Å². The van der Waals surface area contributed by atoms with Crippen molar-refractivity contribution in [1.29, 1.82) is 0 Å². The third-order valence-corrected chi connectivity index (χ3v) is 5.44. The maximum Gasteiger partial charge on any atom is 0.292 e. The van der Waals surface area contributed by atoms with E-state index in [1.54, 1.807) is 22.9 Å². The molecule has 0 aliphatic rings. The van der Waals surface area contributed by atoms with Crippen LogP contribution in [0.1, 0.15) is 27.4 Å². The van der Waals surface area contributed by atoms with Crippen molar-refractivity contribution in [3.8, 4) is 5.75 Å². The second kappa shape index (κ2) is 9.04. The molecule has 33 heavy (non-hydrogen) atoms. The Morgan fingerprint density at radius 2 is 1.79 bits per heavy atom.